The fourth-order valence-electron chi connectivity index (χ4n) is 5.12. The van der Waals surface area contributed by atoms with Crippen LogP contribution in [0.2, 0.25) is 0 Å². The molecule has 3 aromatic carbocycles. The Morgan fingerprint density at radius 3 is 2.44 bits per heavy atom. The van der Waals surface area contributed by atoms with Gasteiger partial charge in [-0.05, 0) is 61.7 Å². The molecule has 222 valence electrons. The Balaban J connectivity index is 1.53. The molecular weight excluding hydrogens is 622 g/mol. The summed E-state index contributed by atoms with van der Waals surface area (Å²) in [6.45, 7) is 1.87. The molecule has 1 aliphatic rings. The van der Waals surface area contributed by atoms with Gasteiger partial charge >= 0.3 is 5.69 Å². The molecule has 0 unspecified atom stereocenters. The minimum Gasteiger partial charge on any atom is -0.490 e. The third-order valence-electron chi connectivity index (χ3n) is 7.21. The molecule has 0 saturated heterocycles. The largest absolute Gasteiger partial charge is 0.490 e. The molecule has 12 nitrogen and oxygen atoms in total. The molecule has 4 aromatic rings. The Kier molecular flexibility index (Phi) is 9.10. The van der Waals surface area contributed by atoms with Gasteiger partial charge in [0.2, 0.25) is 5.75 Å². The number of nitrogens with zero attached hydrogens (tertiary/aromatic N) is 5. The number of fused-ring (bicyclic) bond motifs is 1. The molecule has 0 N–H and O–H groups in total. The van der Waals surface area contributed by atoms with E-state index >= 15 is 0 Å². The van der Waals surface area contributed by atoms with Crippen LogP contribution in [0.5, 0.6) is 11.5 Å². The van der Waals surface area contributed by atoms with Crippen molar-refractivity contribution in [2.75, 3.05) is 6.61 Å². The van der Waals surface area contributed by atoms with E-state index in [1.54, 1.807) is 25.1 Å². The van der Waals surface area contributed by atoms with E-state index in [0.29, 0.717) is 27.9 Å². The van der Waals surface area contributed by atoms with Gasteiger partial charge in [0.25, 0.3) is 11.2 Å². The lowest BCUT2D eigenvalue weighted by Crippen LogP contribution is -2.25. The SMILES string of the molecule is CCOc1cc(C=Nn2c(C3CCCCC3)nc3ccc(Br)cc3c2=O)cc([N+](=O)[O-])c1OCc1ccc([N+](=O)[O-])cc1. The maximum Gasteiger partial charge on any atom is 0.315 e. The Labute approximate surface area is 254 Å². The van der Waals surface area contributed by atoms with Gasteiger partial charge in [0.15, 0.2) is 5.75 Å². The molecule has 0 aliphatic heterocycles. The molecule has 1 aliphatic carbocycles. The maximum atomic E-state index is 13.6. The summed E-state index contributed by atoms with van der Waals surface area (Å²) in [5.74, 6) is 0.675. The number of benzene rings is 3. The summed E-state index contributed by atoms with van der Waals surface area (Å²) >= 11 is 3.42. The summed E-state index contributed by atoms with van der Waals surface area (Å²) in [6.07, 6.45) is 6.37. The first-order valence-corrected chi connectivity index (χ1v) is 14.6. The number of hydrogen-bond acceptors (Lipinski definition) is 9. The summed E-state index contributed by atoms with van der Waals surface area (Å²) in [7, 11) is 0. The first-order valence-electron chi connectivity index (χ1n) is 13.8. The van der Waals surface area contributed by atoms with E-state index in [9.17, 15) is 25.0 Å². The minimum atomic E-state index is -0.584. The summed E-state index contributed by atoms with van der Waals surface area (Å²) in [5, 5.41) is 28.0. The first-order chi connectivity index (χ1) is 20.7. The molecule has 0 amide bonds. The van der Waals surface area contributed by atoms with E-state index in [1.165, 1.54) is 41.2 Å². The normalized spacial score (nSPS) is 13.8. The zero-order valence-electron chi connectivity index (χ0n) is 23.3. The number of aromatic nitrogens is 2. The third-order valence-corrected chi connectivity index (χ3v) is 7.70. The average molecular weight is 650 g/mol. The number of halogens is 1. The highest BCUT2D eigenvalue weighted by atomic mass is 79.9. The molecule has 43 heavy (non-hydrogen) atoms. The van der Waals surface area contributed by atoms with Crippen molar-refractivity contribution in [2.24, 2.45) is 5.10 Å². The summed E-state index contributed by atoms with van der Waals surface area (Å²) < 4.78 is 13.6. The lowest BCUT2D eigenvalue weighted by molar-refractivity contribution is -0.386. The second kappa shape index (κ2) is 13.1. The van der Waals surface area contributed by atoms with Crippen LogP contribution in [-0.2, 0) is 6.61 Å². The third kappa shape index (κ3) is 6.72. The monoisotopic (exact) mass is 649 g/mol. The van der Waals surface area contributed by atoms with Gasteiger partial charge in [-0.3, -0.25) is 25.0 Å². The molecular formula is C30H28BrN5O7. The number of nitro groups is 2. The smallest absolute Gasteiger partial charge is 0.315 e. The quantitative estimate of drug-likeness (QED) is 0.102. The van der Waals surface area contributed by atoms with E-state index in [2.05, 4.69) is 21.0 Å². The maximum absolute atomic E-state index is 13.6. The zero-order chi connectivity index (χ0) is 30.5. The lowest BCUT2D eigenvalue weighted by atomic mass is 9.88. The minimum absolute atomic E-state index is 0.0650. The van der Waals surface area contributed by atoms with Crippen molar-refractivity contribution < 1.29 is 19.3 Å². The number of hydrogen-bond donors (Lipinski definition) is 0. The van der Waals surface area contributed by atoms with Crippen molar-refractivity contribution in [2.45, 2.75) is 51.6 Å². The van der Waals surface area contributed by atoms with Gasteiger partial charge < -0.3 is 9.47 Å². The van der Waals surface area contributed by atoms with Crippen LogP contribution in [0, 0.1) is 20.2 Å². The van der Waals surface area contributed by atoms with Crippen molar-refractivity contribution in [3.05, 3.63) is 107 Å². The van der Waals surface area contributed by atoms with Crippen molar-refractivity contribution in [3.63, 3.8) is 0 Å². The van der Waals surface area contributed by atoms with Crippen LogP contribution in [0.4, 0.5) is 11.4 Å². The fraction of sp³-hybridized carbons (Fsp3) is 0.300. The predicted octanol–water partition coefficient (Wildman–Crippen LogP) is 6.88. The summed E-state index contributed by atoms with van der Waals surface area (Å²) in [4.78, 5) is 40.4. The highest BCUT2D eigenvalue weighted by molar-refractivity contribution is 9.10. The van der Waals surface area contributed by atoms with Crippen molar-refractivity contribution in [1.82, 2.24) is 9.66 Å². The first kappa shape index (κ1) is 29.8. The number of non-ortho nitro benzene ring substituents is 1. The molecule has 1 heterocycles. The van der Waals surface area contributed by atoms with E-state index in [0.717, 1.165) is 36.6 Å². The van der Waals surface area contributed by atoms with Crippen LogP contribution in [0.25, 0.3) is 10.9 Å². The molecule has 0 radical (unpaired) electrons. The second-order valence-electron chi connectivity index (χ2n) is 10.1. The van der Waals surface area contributed by atoms with Crippen molar-refractivity contribution >= 4 is 44.4 Å². The van der Waals surface area contributed by atoms with Gasteiger partial charge in [-0.1, -0.05) is 35.2 Å². The molecule has 5 rings (SSSR count). The van der Waals surface area contributed by atoms with Crippen molar-refractivity contribution in [1.29, 1.82) is 0 Å². The van der Waals surface area contributed by atoms with Crippen LogP contribution >= 0.6 is 15.9 Å². The second-order valence-corrected chi connectivity index (χ2v) is 11.0. The Morgan fingerprint density at radius 1 is 1.02 bits per heavy atom. The Bertz CT molecular complexity index is 1770. The molecule has 0 atom stereocenters. The standard InChI is InChI=1S/C30H28BrN5O7/c1-2-42-27-15-20(14-26(36(40)41)28(27)43-18-19-8-11-23(12-9-19)35(38)39)17-32-34-29(21-6-4-3-5-7-21)33-25-13-10-22(31)16-24(25)30(34)37/h8-17,21H,2-7,18H2,1H3. The molecule has 0 spiro atoms. The van der Waals surface area contributed by atoms with E-state index in [-0.39, 0.29) is 47.6 Å². The molecule has 13 heteroatoms. The van der Waals surface area contributed by atoms with E-state index < -0.39 is 9.85 Å². The topological polar surface area (TPSA) is 152 Å². The number of ether oxygens (including phenoxy) is 2. The highest BCUT2D eigenvalue weighted by Gasteiger charge is 2.25. The van der Waals surface area contributed by atoms with Crippen LogP contribution in [0.3, 0.4) is 0 Å². The van der Waals surface area contributed by atoms with Crippen LogP contribution in [-0.4, -0.2) is 32.3 Å². The van der Waals surface area contributed by atoms with Crippen LogP contribution < -0.4 is 15.0 Å². The van der Waals surface area contributed by atoms with Gasteiger partial charge in [0.05, 0.1) is 33.6 Å². The van der Waals surface area contributed by atoms with Gasteiger partial charge in [-0.25, -0.2) is 4.98 Å². The Morgan fingerprint density at radius 2 is 1.77 bits per heavy atom. The molecule has 0 bridgehead atoms. The summed E-state index contributed by atoms with van der Waals surface area (Å²) in [6, 6.07) is 13.9. The molecule has 1 saturated carbocycles. The average Bonchev–Trinajstić information content (AvgIpc) is 3.00. The van der Waals surface area contributed by atoms with Gasteiger partial charge in [0.1, 0.15) is 12.4 Å². The lowest BCUT2D eigenvalue weighted by Gasteiger charge is -2.22. The Hall–Kier alpha value is -4.65. The number of rotatable bonds is 10. The fourth-order valence-corrected chi connectivity index (χ4v) is 5.48. The highest BCUT2D eigenvalue weighted by Crippen LogP contribution is 2.39. The van der Waals surface area contributed by atoms with E-state index in [1.807, 2.05) is 6.07 Å². The zero-order valence-corrected chi connectivity index (χ0v) is 24.9. The van der Waals surface area contributed by atoms with Gasteiger partial charge in [-0.2, -0.15) is 9.78 Å². The summed E-state index contributed by atoms with van der Waals surface area (Å²) in [5.41, 5.74) is 0.740. The van der Waals surface area contributed by atoms with Crippen LogP contribution in [0.15, 0.2) is 69.0 Å². The molecule has 1 aromatic heterocycles. The predicted molar refractivity (Wildman–Crippen MR) is 164 cm³/mol. The van der Waals surface area contributed by atoms with Gasteiger partial charge in [0, 0.05) is 34.2 Å². The van der Waals surface area contributed by atoms with E-state index in [4.69, 9.17) is 14.5 Å². The molecule has 1 fully saturated rings. The van der Waals surface area contributed by atoms with Crippen LogP contribution in [0.1, 0.15) is 61.9 Å². The van der Waals surface area contributed by atoms with Crippen molar-refractivity contribution in [3.8, 4) is 11.5 Å². The number of nitro benzene ring substituents is 2. The van der Waals surface area contributed by atoms with Gasteiger partial charge in [-0.15, -0.1) is 0 Å².